The first-order valence-electron chi connectivity index (χ1n) is 5.44. The minimum absolute atomic E-state index is 0.181. The van der Waals surface area contributed by atoms with E-state index in [1.165, 1.54) is 0 Å². The highest BCUT2D eigenvalue weighted by atomic mass is 35.5. The van der Waals surface area contributed by atoms with E-state index in [2.05, 4.69) is 9.98 Å². The van der Waals surface area contributed by atoms with Crippen LogP contribution in [0.1, 0.15) is 13.3 Å². The summed E-state index contributed by atoms with van der Waals surface area (Å²) in [5.74, 6) is 0.489. The summed E-state index contributed by atoms with van der Waals surface area (Å²) in [4.78, 5) is 9.98. The number of hydrogen-bond acceptors (Lipinski definition) is 5. The van der Waals surface area contributed by atoms with Crippen molar-refractivity contribution in [2.45, 2.75) is 19.5 Å². The first kappa shape index (κ1) is 13.0. The number of anilines is 1. The molecule has 7 heteroatoms. The van der Waals surface area contributed by atoms with Gasteiger partial charge in [0.25, 0.3) is 0 Å². The Balaban J connectivity index is 2.42. The average molecular weight is 286 g/mol. The van der Waals surface area contributed by atoms with Crippen molar-refractivity contribution >= 4 is 40.8 Å². The van der Waals surface area contributed by atoms with Gasteiger partial charge in [0.05, 0.1) is 10.0 Å². The normalized spacial score (nSPS) is 19.5. The molecule has 18 heavy (non-hydrogen) atoms. The molecule has 1 aliphatic rings. The van der Waals surface area contributed by atoms with Crippen molar-refractivity contribution < 1.29 is 0 Å². The highest BCUT2D eigenvalue weighted by Crippen LogP contribution is 2.29. The second-order valence-corrected chi connectivity index (χ2v) is 4.63. The van der Waals surface area contributed by atoms with E-state index in [0.29, 0.717) is 16.0 Å². The molecule has 5 nitrogen and oxygen atoms in total. The van der Waals surface area contributed by atoms with Crippen LogP contribution in [0.25, 0.3) is 0 Å². The zero-order valence-corrected chi connectivity index (χ0v) is 11.3. The van der Waals surface area contributed by atoms with E-state index >= 15 is 0 Å². The summed E-state index contributed by atoms with van der Waals surface area (Å²) in [5, 5.41) is 0.948. The predicted octanol–water partition coefficient (Wildman–Crippen LogP) is 2.18. The zero-order valence-electron chi connectivity index (χ0n) is 9.77. The van der Waals surface area contributed by atoms with Crippen LogP contribution < -0.4 is 16.4 Å². The summed E-state index contributed by atoms with van der Waals surface area (Å²) in [7, 11) is 0. The SMILES string of the molecule is CC[C@@H]1N=C(N)N=C(N)N1c1ccc(Cl)c(Cl)c1. The first-order chi connectivity index (χ1) is 8.52. The van der Waals surface area contributed by atoms with Crippen LogP contribution in [0.5, 0.6) is 0 Å². The van der Waals surface area contributed by atoms with Gasteiger partial charge in [-0.05, 0) is 24.6 Å². The Morgan fingerprint density at radius 1 is 1.28 bits per heavy atom. The van der Waals surface area contributed by atoms with Crippen LogP contribution in [-0.4, -0.2) is 18.1 Å². The molecule has 0 spiro atoms. The number of hydrogen-bond donors (Lipinski definition) is 2. The zero-order chi connectivity index (χ0) is 13.3. The first-order valence-corrected chi connectivity index (χ1v) is 6.20. The third-order valence-electron chi connectivity index (χ3n) is 2.60. The standard InChI is InChI=1S/C11H13Cl2N5/c1-2-9-16-10(14)17-11(15)18(9)6-3-4-7(12)8(13)5-6/h3-5,9H,2H2,1H3,(H4,14,15,16,17)/t9-/m1/s1. The average Bonchev–Trinajstić information content (AvgIpc) is 2.32. The van der Waals surface area contributed by atoms with Gasteiger partial charge in [-0.1, -0.05) is 30.1 Å². The van der Waals surface area contributed by atoms with Crippen LogP contribution >= 0.6 is 23.2 Å². The molecule has 0 saturated heterocycles. The molecule has 0 saturated carbocycles. The van der Waals surface area contributed by atoms with E-state index < -0.39 is 0 Å². The van der Waals surface area contributed by atoms with Crippen molar-refractivity contribution in [3.63, 3.8) is 0 Å². The van der Waals surface area contributed by atoms with E-state index in [1.54, 1.807) is 17.0 Å². The molecule has 0 radical (unpaired) electrons. The molecule has 4 N–H and O–H groups in total. The molecule has 1 aromatic carbocycles. The second kappa shape index (κ2) is 5.04. The van der Waals surface area contributed by atoms with Gasteiger partial charge in [0, 0.05) is 5.69 Å². The Kier molecular flexibility index (Phi) is 3.63. The van der Waals surface area contributed by atoms with Crippen LogP contribution in [0.3, 0.4) is 0 Å². The fourth-order valence-electron chi connectivity index (χ4n) is 1.78. The van der Waals surface area contributed by atoms with Gasteiger partial charge in [0.15, 0.2) is 0 Å². The molecule has 0 bridgehead atoms. The Morgan fingerprint density at radius 3 is 2.61 bits per heavy atom. The largest absolute Gasteiger partial charge is 0.369 e. The van der Waals surface area contributed by atoms with Crippen molar-refractivity contribution in [3.05, 3.63) is 28.2 Å². The van der Waals surface area contributed by atoms with Crippen LogP contribution in [-0.2, 0) is 0 Å². The van der Waals surface area contributed by atoms with E-state index in [4.69, 9.17) is 34.7 Å². The number of halogens is 2. The van der Waals surface area contributed by atoms with Gasteiger partial charge >= 0.3 is 0 Å². The monoisotopic (exact) mass is 285 g/mol. The molecule has 96 valence electrons. The maximum Gasteiger partial charge on any atom is 0.220 e. The lowest BCUT2D eigenvalue weighted by molar-refractivity contribution is 0.660. The lowest BCUT2D eigenvalue weighted by Crippen LogP contribution is -2.48. The van der Waals surface area contributed by atoms with Crippen molar-refractivity contribution in [1.29, 1.82) is 0 Å². The number of guanidine groups is 2. The number of aliphatic imine (C=N–C) groups is 2. The minimum atomic E-state index is -0.181. The van der Waals surface area contributed by atoms with Gasteiger partial charge in [0.2, 0.25) is 11.9 Å². The van der Waals surface area contributed by atoms with Gasteiger partial charge in [-0.2, -0.15) is 4.99 Å². The molecular formula is C11H13Cl2N5. The predicted molar refractivity (Wildman–Crippen MR) is 76.3 cm³/mol. The van der Waals surface area contributed by atoms with Gasteiger partial charge in [-0.3, -0.25) is 4.90 Å². The minimum Gasteiger partial charge on any atom is -0.369 e. The molecule has 0 aliphatic carbocycles. The third-order valence-corrected chi connectivity index (χ3v) is 3.34. The Morgan fingerprint density at radius 2 is 2.00 bits per heavy atom. The summed E-state index contributed by atoms with van der Waals surface area (Å²) in [6.45, 7) is 1.99. The van der Waals surface area contributed by atoms with Crippen LogP contribution in [0.4, 0.5) is 5.69 Å². The van der Waals surface area contributed by atoms with Crippen molar-refractivity contribution in [1.82, 2.24) is 0 Å². The maximum atomic E-state index is 6.00. The Bertz CT molecular complexity index is 526. The molecule has 1 aliphatic heterocycles. The lowest BCUT2D eigenvalue weighted by atomic mass is 10.2. The molecular weight excluding hydrogens is 273 g/mol. The second-order valence-electron chi connectivity index (χ2n) is 3.81. The van der Waals surface area contributed by atoms with E-state index in [9.17, 15) is 0 Å². The number of nitrogens with two attached hydrogens (primary N) is 2. The molecule has 2 rings (SSSR count). The molecule has 1 aromatic rings. The van der Waals surface area contributed by atoms with Crippen LogP contribution in [0, 0.1) is 0 Å². The Hall–Kier alpha value is -1.46. The fraction of sp³-hybridized carbons (Fsp3) is 0.273. The van der Waals surface area contributed by atoms with E-state index in [0.717, 1.165) is 12.1 Å². The maximum absolute atomic E-state index is 6.00. The quantitative estimate of drug-likeness (QED) is 0.874. The fourth-order valence-corrected chi connectivity index (χ4v) is 2.07. The lowest BCUT2D eigenvalue weighted by Gasteiger charge is -2.32. The van der Waals surface area contributed by atoms with Gasteiger partial charge in [0.1, 0.15) is 6.17 Å². The summed E-state index contributed by atoms with van der Waals surface area (Å²) >= 11 is 11.9. The molecule has 1 heterocycles. The van der Waals surface area contributed by atoms with Gasteiger partial charge < -0.3 is 11.5 Å². The highest BCUT2D eigenvalue weighted by molar-refractivity contribution is 6.42. The Labute approximate surface area is 115 Å². The van der Waals surface area contributed by atoms with Crippen molar-refractivity contribution in [2.75, 3.05) is 4.90 Å². The number of benzene rings is 1. The molecule has 0 amide bonds. The van der Waals surface area contributed by atoms with Gasteiger partial charge in [-0.15, -0.1) is 0 Å². The highest BCUT2D eigenvalue weighted by Gasteiger charge is 2.24. The summed E-state index contributed by atoms with van der Waals surface area (Å²) < 4.78 is 0. The van der Waals surface area contributed by atoms with Crippen LogP contribution in [0.2, 0.25) is 10.0 Å². The molecule has 1 atom stereocenters. The summed E-state index contributed by atoms with van der Waals surface area (Å²) in [5.41, 5.74) is 12.3. The summed E-state index contributed by atoms with van der Waals surface area (Å²) in [6.07, 6.45) is 0.566. The smallest absolute Gasteiger partial charge is 0.220 e. The molecule has 0 fully saturated rings. The molecule has 0 aromatic heterocycles. The number of nitrogens with zero attached hydrogens (tertiary/aromatic N) is 3. The van der Waals surface area contributed by atoms with Gasteiger partial charge in [-0.25, -0.2) is 4.99 Å². The number of rotatable bonds is 2. The topological polar surface area (TPSA) is 80.0 Å². The van der Waals surface area contributed by atoms with Crippen LogP contribution in [0.15, 0.2) is 28.2 Å². The van der Waals surface area contributed by atoms with Crippen molar-refractivity contribution in [3.8, 4) is 0 Å². The van der Waals surface area contributed by atoms with E-state index in [-0.39, 0.29) is 12.1 Å². The summed E-state index contributed by atoms with van der Waals surface area (Å²) in [6, 6.07) is 5.25. The van der Waals surface area contributed by atoms with E-state index in [1.807, 2.05) is 13.0 Å². The molecule has 0 unspecified atom stereocenters. The van der Waals surface area contributed by atoms with Crippen molar-refractivity contribution in [2.24, 2.45) is 21.5 Å². The third kappa shape index (κ3) is 2.37.